The first-order chi connectivity index (χ1) is 17.0. The van der Waals surface area contributed by atoms with Gasteiger partial charge in [-0.1, -0.05) is 30.3 Å². The average molecular weight is 497 g/mol. The van der Waals surface area contributed by atoms with Gasteiger partial charge < -0.3 is 26.4 Å². The lowest BCUT2D eigenvalue weighted by Gasteiger charge is -2.27. The normalized spacial score (nSPS) is 16.3. The molecule has 0 unspecified atom stereocenters. The Kier molecular flexibility index (Phi) is 8.73. The van der Waals surface area contributed by atoms with Gasteiger partial charge in [0.15, 0.2) is 5.96 Å². The summed E-state index contributed by atoms with van der Waals surface area (Å²) in [5, 5.41) is 7.27. The molecule has 0 spiro atoms. The fourth-order valence-corrected chi connectivity index (χ4v) is 4.22. The van der Waals surface area contributed by atoms with Crippen LogP contribution in [-0.2, 0) is 14.3 Å². The number of hydrogen-bond acceptors (Lipinski definition) is 6. The van der Waals surface area contributed by atoms with Crippen LogP contribution in [0, 0.1) is 0 Å². The SMILES string of the molecule is CC(C)(C)OC(=O)N[C@@H](CCCN=C(N)N)C(=O)NC(=O)[C@@H]1CCCN1c1ccc2ccccc2c1. The summed E-state index contributed by atoms with van der Waals surface area (Å²) in [6.45, 7) is 6.18. The minimum atomic E-state index is -0.978. The van der Waals surface area contributed by atoms with Crippen molar-refractivity contribution in [2.24, 2.45) is 16.5 Å². The molecule has 10 nitrogen and oxygen atoms in total. The van der Waals surface area contributed by atoms with Crippen molar-refractivity contribution in [3.05, 3.63) is 42.5 Å². The van der Waals surface area contributed by atoms with E-state index < -0.39 is 35.6 Å². The number of amides is 3. The highest BCUT2D eigenvalue weighted by Crippen LogP contribution is 2.28. The van der Waals surface area contributed by atoms with Gasteiger partial charge in [0.25, 0.3) is 0 Å². The number of hydrogen-bond donors (Lipinski definition) is 4. The van der Waals surface area contributed by atoms with Crippen LogP contribution >= 0.6 is 0 Å². The van der Waals surface area contributed by atoms with E-state index in [4.69, 9.17) is 16.2 Å². The fraction of sp³-hybridized carbons (Fsp3) is 0.462. The third-order valence-electron chi connectivity index (χ3n) is 5.82. The van der Waals surface area contributed by atoms with Gasteiger partial charge in [-0.3, -0.25) is 19.9 Å². The van der Waals surface area contributed by atoms with Crippen LogP contribution in [0.3, 0.4) is 0 Å². The zero-order valence-electron chi connectivity index (χ0n) is 21.1. The minimum Gasteiger partial charge on any atom is -0.444 e. The summed E-state index contributed by atoms with van der Waals surface area (Å²) in [6.07, 6.45) is 1.37. The summed E-state index contributed by atoms with van der Waals surface area (Å²) in [6, 6.07) is 12.6. The van der Waals surface area contributed by atoms with Gasteiger partial charge in [0.05, 0.1) is 0 Å². The number of rotatable bonds is 8. The highest BCUT2D eigenvalue weighted by atomic mass is 16.6. The highest BCUT2D eigenvalue weighted by Gasteiger charge is 2.33. The van der Waals surface area contributed by atoms with Crippen LogP contribution in [0.2, 0.25) is 0 Å². The Morgan fingerprint density at radius 3 is 2.56 bits per heavy atom. The molecule has 2 aromatic carbocycles. The van der Waals surface area contributed by atoms with Crippen molar-refractivity contribution in [2.75, 3.05) is 18.0 Å². The average Bonchev–Trinajstić information content (AvgIpc) is 3.29. The molecule has 6 N–H and O–H groups in total. The molecule has 1 fully saturated rings. The minimum absolute atomic E-state index is 0.0544. The number of ether oxygens (including phenoxy) is 1. The molecule has 2 aromatic rings. The van der Waals surface area contributed by atoms with E-state index in [1.54, 1.807) is 20.8 Å². The van der Waals surface area contributed by atoms with E-state index in [9.17, 15) is 14.4 Å². The smallest absolute Gasteiger partial charge is 0.408 e. The Bertz CT molecular complexity index is 1120. The number of benzene rings is 2. The first-order valence-corrected chi connectivity index (χ1v) is 12.2. The topological polar surface area (TPSA) is 152 Å². The van der Waals surface area contributed by atoms with Crippen LogP contribution in [0.1, 0.15) is 46.5 Å². The number of aliphatic imine (C=N–C) groups is 1. The van der Waals surface area contributed by atoms with Crippen molar-refractivity contribution >= 4 is 40.3 Å². The van der Waals surface area contributed by atoms with Crippen molar-refractivity contribution in [2.45, 2.75) is 64.1 Å². The van der Waals surface area contributed by atoms with Gasteiger partial charge in [-0.05, 0) is 69.4 Å². The second-order valence-electron chi connectivity index (χ2n) is 9.88. The van der Waals surface area contributed by atoms with E-state index >= 15 is 0 Å². The van der Waals surface area contributed by atoms with Crippen molar-refractivity contribution in [1.29, 1.82) is 0 Å². The molecule has 0 saturated carbocycles. The number of carbonyl (C=O) groups is 3. The molecule has 0 radical (unpaired) electrons. The monoisotopic (exact) mass is 496 g/mol. The third-order valence-corrected chi connectivity index (χ3v) is 5.82. The second kappa shape index (κ2) is 11.7. The van der Waals surface area contributed by atoms with Crippen LogP contribution in [0.4, 0.5) is 10.5 Å². The molecule has 1 saturated heterocycles. The zero-order valence-corrected chi connectivity index (χ0v) is 21.1. The quantitative estimate of drug-likeness (QED) is 0.249. The number of anilines is 1. The number of carbonyl (C=O) groups excluding carboxylic acids is 3. The van der Waals surface area contributed by atoms with Gasteiger partial charge in [0, 0.05) is 18.8 Å². The van der Waals surface area contributed by atoms with Gasteiger partial charge in [-0.25, -0.2) is 4.79 Å². The van der Waals surface area contributed by atoms with Crippen LogP contribution in [0.5, 0.6) is 0 Å². The third kappa shape index (κ3) is 7.59. The van der Waals surface area contributed by atoms with E-state index in [2.05, 4.69) is 21.7 Å². The summed E-state index contributed by atoms with van der Waals surface area (Å²) in [4.78, 5) is 44.5. The maximum Gasteiger partial charge on any atom is 0.408 e. The summed E-state index contributed by atoms with van der Waals surface area (Å²) >= 11 is 0. The summed E-state index contributed by atoms with van der Waals surface area (Å²) in [7, 11) is 0. The maximum atomic E-state index is 13.2. The molecular weight excluding hydrogens is 460 g/mol. The molecular formula is C26H36N6O4. The van der Waals surface area contributed by atoms with E-state index in [1.807, 2.05) is 41.3 Å². The number of fused-ring (bicyclic) bond motifs is 1. The second-order valence-corrected chi connectivity index (χ2v) is 9.88. The Balaban J connectivity index is 1.68. The lowest BCUT2D eigenvalue weighted by molar-refractivity contribution is -0.132. The molecule has 0 aliphatic carbocycles. The lowest BCUT2D eigenvalue weighted by Crippen LogP contribution is -2.53. The zero-order chi connectivity index (χ0) is 26.3. The highest BCUT2D eigenvalue weighted by molar-refractivity contribution is 6.02. The summed E-state index contributed by atoms with van der Waals surface area (Å²) in [5.41, 5.74) is 10.9. The Hall–Kier alpha value is -3.82. The molecule has 1 aliphatic heterocycles. The number of nitrogens with zero attached hydrogens (tertiary/aromatic N) is 2. The molecule has 36 heavy (non-hydrogen) atoms. The number of nitrogens with two attached hydrogens (primary N) is 2. The molecule has 1 aliphatic rings. The van der Waals surface area contributed by atoms with Gasteiger partial charge in [-0.15, -0.1) is 0 Å². The number of alkyl carbamates (subject to hydrolysis) is 1. The number of guanidine groups is 1. The summed E-state index contributed by atoms with van der Waals surface area (Å²) < 4.78 is 5.29. The molecule has 3 rings (SSSR count). The standard InChI is InChI=1S/C26H36N6O4/c1-26(2,3)36-25(35)30-20(10-6-14-29-24(27)28)22(33)31-23(34)21-11-7-15-32(21)19-13-12-17-8-4-5-9-18(17)16-19/h4-5,8-9,12-13,16,20-21H,6-7,10-11,14-15H2,1-3H3,(H,30,35)(H4,27,28,29)(H,31,33,34)/t20-,21-/m0/s1. The van der Waals surface area contributed by atoms with Crippen LogP contribution in [-0.4, -0.2) is 54.6 Å². The molecule has 0 aromatic heterocycles. The Morgan fingerprint density at radius 1 is 1.14 bits per heavy atom. The van der Waals surface area contributed by atoms with Gasteiger partial charge >= 0.3 is 6.09 Å². The predicted molar refractivity (Wildman–Crippen MR) is 141 cm³/mol. The predicted octanol–water partition coefficient (Wildman–Crippen LogP) is 2.40. The fourth-order valence-electron chi connectivity index (χ4n) is 4.22. The Labute approximate surface area is 211 Å². The first-order valence-electron chi connectivity index (χ1n) is 12.2. The van der Waals surface area contributed by atoms with Gasteiger partial charge in [-0.2, -0.15) is 0 Å². The van der Waals surface area contributed by atoms with Gasteiger partial charge in [0.1, 0.15) is 17.7 Å². The van der Waals surface area contributed by atoms with E-state index in [1.165, 1.54) is 0 Å². The van der Waals surface area contributed by atoms with Crippen LogP contribution < -0.4 is 27.0 Å². The van der Waals surface area contributed by atoms with Crippen molar-refractivity contribution in [3.8, 4) is 0 Å². The first kappa shape index (κ1) is 26.8. The number of nitrogens with one attached hydrogen (secondary N) is 2. The van der Waals surface area contributed by atoms with Crippen molar-refractivity contribution in [1.82, 2.24) is 10.6 Å². The maximum absolute atomic E-state index is 13.2. The van der Waals surface area contributed by atoms with Crippen molar-refractivity contribution < 1.29 is 19.1 Å². The lowest BCUT2D eigenvalue weighted by atomic mass is 10.1. The van der Waals surface area contributed by atoms with E-state index in [-0.39, 0.29) is 18.9 Å². The molecule has 2 atom stereocenters. The molecule has 194 valence electrons. The number of imide groups is 1. The van der Waals surface area contributed by atoms with E-state index in [0.29, 0.717) is 19.4 Å². The largest absolute Gasteiger partial charge is 0.444 e. The summed E-state index contributed by atoms with van der Waals surface area (Å²) in [5.74, 6) is -1.05. The molecule has 0 bridgehead atoms. The molecule has 3 amide bonds. The molecule has 10 heteroatoms. The van der Waals surface area contributed by atoms with Crippen molar-refractivity contribution in [3.63, 3.8) is 0 Å². The molecule has 1 heterocycles. The van der Waals surface area contributed by atoms with Crippen LogP contribution in [0.25, 0.3) is 10.8 Å². The van der Waals surface area contributed by atoms with Gasteiger partial charge in [0.2, 0.25) is 11.8 Å². The Morgan fingerprint density at radius 2 is 1.86 bits per heavy atom. The van der Waals surface area contributed by atoms with Crippen LogP contribution in [0.15, 0.2) is 47.5 Å². The van der Waals surface area contributed by atoms with E-state index in [0.717, 1.165) is 22.9 Å².